The van der Waals surface area contributed by atoms with Gasteiger partial charge < -0.3 is 15.2 Å². The van der Waals surface area contributed by atoms with Gasteiger partial charge in [0.15, 0.2) is 0 Å². The number of pyridine rings is 1. The molecule has 3 aromatic carbocycles. The number of aromatic amines is 1. The number of amides is 2. The molecule has 6 heteroatoms. The van der Waals surface area contributed by atoms with Crippen molar-refractivity contribution in [1.29, 1.82) is 0 Å². The smallest absolute Gasteiger partial charge is 0.255 e. The lowest BCUT2D eigenvalue weighted by Gasteiger charge is -2.26. The molecule has 0 saturated heterocycles. The molecular formula is C29H22N4O2. The van der Waals surface area contributed by atoms with Crippen LogP contribution in [0.25, 0.3) is 22.2 Å². The zero-order valence-electron chi connectivity index (χ0n) is 18.8. The molecule has 0 saturated carbocycles. The van der Waals surface area contributed by atoms with Crippen LogP contribution in [0.5, 0.6) is 0 Å². The van der Waals surface area contributed by atoms with E-state index in [0.717, 1.165) is 33.3 Å². The van der Waals surface area contributed by atoms with E-state index in [4.69, 9.17) is 0 Å². The van der Waals surface area contributed by atoms with Gasteiger partial charge in [-0.2, -0.15) is 0 Å². The Morgan fingerprint density at radius 1 is 0.914 bits per heavy atom. The van der Waals surface area contributed by atoms with E-state index in [-0.39, 0.29) is 18.4 Å². The van der Waals surface area contributed by atoms with Gasteiger partial charge in [-0.3, -0.25) is 14.6 Å². The summed E-state index contributed by atoms with van der Waals surface area (Å²) < 4.78 is 0. The monoisotopic (exact) mass is 458 g/mol. The summed E-state index contributed by atoms with van der Waals surface area (Å²) in [4.78, 5) is 35.9. The third kappa shape index (κ3) is 3.65. The molecule has 0 radical (unpaired) electrons. The van der Waals surface area contributed by atoms with Crippen LogP contribution in [0.1, 0.15) is 27.5 Å². The van der Waals surface area contributed by atoms with Gasteiger partial charge in [-0.1, -0.05) is 66.7 Å². The second-order valence-corrected chi connectivity index (χ2v) is 8.54. The Kier molecular flexibility index (Phi) is 5.11. The summed E-state index contributed by atoms with van der Waals surface area (Å²) in [5, 5.41) is 3.89. The van der Waals surface area contributed by atoms with E-state index >= 15 is 0 Å². The molecule has 170 valence electrons. The zero-order chi connectivity index (χ0) is 23.8. The van der Waals surface area contributed by atoms with Crippen molar-refractivity contribution in [1.82, 2.24) is 14.9 Å². The molecule has 0 bridgehead atoms. The number of aromatic nitrogens is 2. The summed E-state index contributed by atoms with van der Waals surface area (Å²) in [6, 6.07) is 28.9. The van der Waals surface area contributed by atoms with Gasteiger partial charge >= 0.3 is 0 Å². The number of carbonyl (C=O) groups excluding carboxylic acids is 2. The Balaban J connectivity index is 1.49. The standard InChI is InChI=1S/C29H22N4O2/c34-25(31-20-11-8-16-30-17-20)18-33-28(21-12-4-5-13-22(21)29(33)35)26-23-14-6-7-15-24(23)32-27(26)19-9-2-1-3-10-19/h1-17,28,32H,18H2,(H,31,34). The van der Waals surface area contributed by atoms with Crippen molar-refractivity contribution < 1.29 is 9.59 Å². The van der Waals surface area contributed by atoms with Crippen LogP contribution in [0.4, 0.5) is 5.69 Å². The average molecular weight is 459 g/mol. The summed E-state index contributed by atoms with van der Waals surface area (Å²) in [7, 11) is 0. The molecule has 1 aliphatic heterocycles. The molecule has 6 nitrogen and oxygen atoms in total. The Hall–Kier alpha value is -4.71. The number of nitrogens with zero attached hydrogens (tertiary/aromatic N) is 2. The fraction of sp³-hybridized carbons (Fsp3) is 0.0690. The predicted molar refractivity (Wildman–Crippen MR) is 136 cm³/mol. The van der Waals surface area contributed by atoms with Gasteiger partial charge in [0.1, 0.15) is 6.54 Å². The maximum atomic E-state index is 13.6. The van der Waals surface area contributed by atoms with Crippen molar-refractivity contribution >= 4 is 28.4 Å². The second-order valence-electron chi connectivity index (χ2n) is 8.54. The number of hydrogen-bond acceptors (Lipinski definition) is 3. The van der Waals surface area contributed by atoms with Gasteiger partial charge in [-0.05, 0) is 35.4 Å². The van der Waals surface area contributed by atoms with E-state index < -0.39 is 6.04 Å². The lowest BCUT2D eigenvalue weighted by atomic mass is 9.93. The lowest BCUT2D eigenvalue weighted by Crippen LogP contribution is -2.36. The highest BCUT2D eigenvalue weighted by Crippen LogP contribution is 2.45. The second kappa shape index (κ2) is 8.57. The van der Waals surface area contributed by atoms with Gasteiger partial charge in [-0.15, -0.1) is 0 Å². The minimum absolute atomic E-state index is 0.0825. The van der Waals surface area contributed by atoms with E-state index in [9.17, 15) is 9.59 Å². The van der Waals surface area contributed by atoms with Crippen molar-refractivity contribution in [3.05, 3.63) is 120 Å². The Morgan fingerprint density at radius 3 is 2.51 bits per heavy atom. The molecule has 1 unspecified atom stereocenters. The number of fused-ring (bicyclic) bond motifs is 2. The van der Waals surface area contributed by atoms with Crippen molar-refractivity contribution in [2.45, 2.75) is 6.04 Å². The molecule has 0 spiro atoms. The third-order valence-electron chi connectivity index (χ3n) is 6.40. The molecule has 3 heterocycles. The number of rotatable bonds is 5. The highest BCUT2D eigenvalue weighted by Gasteiger charge is 2.40. The van der Waals surface area contributed by atoms with E-state index in [2.05, 4.69) is 33.5 Å². The molecule has 6 rings (SSSR count). The first-order valence-corrected chi connectivity index (χ1v) is 11.5. The maximum Gasteiger partial charge on any atom is 0.255 e. The average Bonchev–Trinajstić information content (AvgIpc) is 3.40. The first-order valence-electron chi connectivity index (χ1n) is 11.5. The van der Waals surface area contributed by atoms with Crippen molar-refractivity contribution in [2.24, 2.45) is 0 Å². The first kappa shape index (κ1) is 20.9. The number of H-pyrrole nitrogens is 1. The van der Waals surface area contributed by atoms with Crippen LogP contribution in [0, 0.1) is 0 Å². The van der Waals surface area contributed by atoms with E-state index in [1.54, 1.807) is 29.4 Å². The molecule has 0 aliphatic carbocycles. The maximum absolute atomic E-state index is 13.6. The van der Waals surface area contributed by atoms with Gasteiger partial charge in [0.2, 0.25) is 5.91 Å². The van der Waals surface area contributed by atoms with Gasteiger partial charge in [0, 0.05) is 28.2 Å². The number of hydrogen-bond donors (Lipinski definition) is 2. The Morgan fingerprint density at radius 2 is 1.69 bits per heavy atom. The highest BCUT2D eigenvalue weighted by molar-refractivity contribution is 6.05. The summed E-state index contributed by atoms with van der Waals surface area (Å²) in [5.74, 6) is -0.429. The zero-order valence-corrected chi connectivity index (χ0v) is 18.8. The molecule has 2 N–H and O–H groups in total. The summed E-state index contributed by atoms with van der Waals surface area (Å²) in [5.41, 5.74) is 6.05. The Bertz CT molecular complexity index is 1540. The lowest BCUT2D eigenvalue weighted by molar-refractivity contribution is -0.117. The van der Waals surface area contributed by atoms with Crippen LogP contribution < -0.4 is 5.32 Å². The fourth-order valence-electron chi connectivity index (χ4n) is 4.92. The topological polar surface area (TPSA) is 78.1 Å². The number of benzene rings is 3. The third-order valence-corrected chi connectivity index (χ3v) is 6.40. The quantitative estimate of drug-likeness (QED) is 0.369. The first-order chi connectivity index (χ1) is 17.2. The fourth-order valence-corrected chi connectivity index (χ4v) is 4.92. The van der Waals surface area contributed by atoms with Crippen LogP contribution in [0.2, 0.25) is 0 Å². The number of anilines is 1. The van der Waals surface area contributed by atoms with Gasteiger partial charge in [0.05, 0.1) is 23.6 Å². The molecule has 2 amide bonds. The van der Waals surface area contributed by atoms with Crippen molar-refractivity contribution in [3.8, 4) is 11.3 Å². The summed E-state index contributed by atoms with van der Waals surface area (Å²) >= 11 is 0. The van der Waals surface area contributed by atoms with Gasteiger partial charge in [0.25, 0.3) is 5.91 Å². The number of nitrogens with one attached hydrogen (secondary N) is 2. The van der Waals surface area contributed by atoms with E-state index in [0.29, 0.717) is 11.3 Å². The number of carbonyl (C=O) groups is 2. The summed E-state index contributed by atoms with van der Waals surface area (Å²) in [6.07, 6.45) is 3.23. The highest BCUT2D eigenvalue weighted by atomic mass is 16.2. The minimum atomic E-state index is -0.412. The molecule has 35 heavy (non-hydrogen) atoms. The normalized spacial score (nSPS) is 14.8. The SMILES string of the molecule is O=C(CN1C(=O)c2ccccc2C1c1c(-c2ccccc2)[nH]c2ccccc12)Nc1cccnc1. The van der Waals surface area contributed by atoms with Gasteiger partial charge in [-0.25, -0.2) is 0 Å². The van der Waals surface area contributed by atoms with E-state index in [1.807, 2.05) is 60.7 Å². The molecule has 5 aromatic rings. The van der Waals surface area contributed by atoms with Crippen molar-refractivity contribution in [3.63, 3.8) is 0 Å². The van der Waals surface area contributed by atoms with Crippen LogP contribution in [0.3, 0.4) is 0 Å². The Labute approximate surface area is 202 Å². The predicted octanol–water partition coefficient (Wildman–Crippen LogP) is 5.41. The van der Waals surface area contributed by atoms with E-state index in [1.165, 1.54) is 0 Å². The molecular weight excluding hydrogens is 436 g/mol. The molecule has 2 aromatic heterocycles. The van der Waals surface area contributed by atoms with Crippen LogP contribution in [-0.4, -0.2) is 33.2 Å². The molecule has 1 aliphatic rings. The molecule has 0 fully saturated rings. The largest absolute Gasteiger partial charge is 0.354 e. The molecule has 1 atom stereocenters. The van der Waals surface area contributed by atoms with Crippen LogP contribution in [-0.2, 0) is 4.79 Å². The minimum Gasteiger partial charge on any atom is -0.354 e. The van der Waals surface area contributed by atoms with Crippen LogP contribution in [0.15, 0.2) is 103 Å². The number of para-hydroxylation sites is 1. The van der Waals surface area contributed by atoms with Crippen molar-refractivity contribution in [2.75, 3.05) is 11.9 Å². The summed E-state index contributed by atoms with van der Waals surface area (Å²) in [6.45, 7) is -0.0825. The van der Waals surface area contributed by atoms with Crippen LogP contribution >= 0.6 is 0 Å².